The van der Waals surface area contributed by atoms with Crippen molar-refractivity contribution in [2.24, 2.45) is 0 Å². The van der Waals surface area contributed by atoms with Gasteiger partial charge in [-0.1, -0.05) is 91.0 Å². The summed E-state index contributed by atoms with van der Waals surface area (Å²) in [5.74, 6) is 0.589. The van der Waals surface area contributed by atoms with Gasteiger partial charge in [-0.25, -0.2) is 0 Å². The summed E-state index contributed by atoms with van der Waals surface area (Å²) >= 11 is 0. The fourth-order valence-electron chi connectivity index (χ4n) is 3.15. The monoisotopic (exact) mass is 318 g/mol. The summed E-state index contributed by atoms with van der Waals surface area (Å²) in [7, 11) is 0. The molecule has 1 rings (SSSR count). The van der Waals surface area contributed by atoms with E-state index in [9.17, 15) is 0 Å². The average Bonchev–Trinajstić information content (AvgIpc) is 2.57. The van der Waals surface area contributed by atoms with Crippen molar-refractivity contribution in [1.29, 1.82) is 0 Å². The summed E-state index contributed by atoms with van der Waals surface area (Å²) in [5, 5.41) is 0. The third-order valence-electron chi connectivity index (χ3n) is 4.85. The molecule has 0 saturated carbocycles. The number of hydrogen-bond acceptors (Lipinski definition) is 1. The number of unbranched alkanes of at least 4 members (excludes halogenated alkanes) is 3. The lowest BCUT2D eigenvalue weighted by Gasteiger charge is -2.35. The van der Waals surface area contributed by atoms with E-state index in [1.807, 2.05) is 0 Å². The number of ether oxygens (including phenoxy) is 1. The quantitative estimate of drug-likeness (QED) is 0.370. The van der Waals surface area contributed by atoms with Crippen LogP contribution in [0, 0.1) is 0 Å². The second kappa shape index (κ2) is 10.9. The second-order valence-corrected chi connectivity index (χ2v) is 7.18. The van der Waals surface area contributed by atoms with Gasteiger partial charge in [0.2, 0.25) is 0 Å². The zero-order valence-electron chi connectivity index (χ0n) is 16.2. The summed E-state index contributed by atoms with van der Waals surface area (Å²) in [6.45, 7) is 12.2. The molecule has 0 aliphatic heterocycles. The molecule has 0 aliphatic rings. The fourth-order valence-corrected chi connectivity index (χ4v) is 3.15. The van der Waals surface area contributed by atoms with Gasteiger partial charge < -0.3 is 4.74 Å². The first-order chi connectivity index (χ1) is 11.1. The lowest BCUT2D eigenvalue weighted by Crippen LogP contribution is -2.30. The molecule has 1 nitrogen and oxygen atoms in total. The maximum Gasteiger partial charge on any atom is 0.0931 e. The number of hydrogen-bond donors (Lipinski definition) is 0. The van der Waals surface area contributed by atoms with Crippen LogP contribution in [0.5, 0.6) is 0 Å². The first kappa shape index (κ1) is 20.2. The van der Waals surface area contributed by atoms with Gasteiger partial charge in [-0.3, -0.25) is 0 Å². The van der Waals surface area contributed by atoms with Gasteiger partial charge in [0.1, 0.15) is 0 Å². The van der Waals surface area contributed by atoms with Crippen LogP contribution < -0.4 is 0 Å². The highest BCUT2D eigenvalue weighted by atomic mass is 16.5. The second-order valence-electron chi connectivity index (χ2n) is 7.18. The first-order valence-corrected chi connectivity index (χ1v) is 9.84. The highest BCUT2D eigenvalue weighted by molar-refractivity contribution is 5.29. The Morgan fingerprint density at radius 2 is 1.35 bits per heavy atom. The third-order valence-corrected chi connectivity index (χ3v) is 4.85. The van der Waals surface area contributed by atoms with E-state index >= 15 is 0 Å². The molecule has 0 aromatic heterocycles. The molecule has 0 spiro atoms. The summed E-state index contributed by atoms with van der Waals surface area (Å²) in [4.78, 5) is 0. The standard InChI is InChI=1S/C22H38O/c1-6-9-16-22(17-10-7-2,23-18-11-8-3)21-14-12-20(13-15-21)19(4)5/h12-15,19H,6-11,16-18H2,1-5H3. The molecule has 1 heteroatoms. The summed E-state index contributed by atoms with van der Waals surface area (Å²) in [5.41, 5.74) is 2.73. The Balaban J connectivity index is 3.04. The lowest BCUT2D eigenvalue weighted by molar-refractivity contribution is -0.0672. The van der Waals surface area contributed by atoms with Gasteiger partial charge in [-0.05, 0) is 36.3 Å². The zero-order chi connectivity index (χ0) is 17.1. The van der Waals surface area contributed by atoms with Gasteiger partial charge in [0, 0.05) is 6.61 Å². The molecular formula is C22H38O. The van der Waals surface area contributed by atoms with E-state index < -0.39 is 0 Å². The predicted molar refractivity (Wildman–Crippen MR) is 102 cm³/mol. The van der Waals surface area contributed by atoms with Crippen molar-refractivity contribution in [3.8, 4) is 0 Å². The molecule has 23 heavy (non-hydrogen) atoms. The van der Waals surface area contributed by atoms with Crippen LogP contribution in [0.15, 0.2) is 24.3 Å². The highest BCUT2D eigenvalue weighted by Gasteiger charge is 2.32. The van der Waals surface area contributed by atoms with E-state index in [0.29, 0.717) is 5.92 Å². The Labute approximate surface area is 144 Å². The Kier molecular flexibility index (Phi) is 9.55. The predicted octanol–water partition coefficient (Wildman–Crippen LogP) is 7.20. The van der Waals surface area contributed by atoms with Gasteiger partial charge in [-0.15, -0.1) is 0 Å². The van der Waals surface area contributed by atoms with Gasteiger partial charge in [0.05, 0.1) is 5.60 Å². The van der Waals surface area contributed by atoms with Crippen molar-refractivity contribution in [2.45, 2.75) is 97.5 Å². The van der Waals surface area contributed by atoms with Crippen molar-refractivity contribution in [2.75, 3.05) is 6.61 Å². The molecule has 0 amide bonds. The van der Waals surface area contributed by atoms with Gasteiger partial charge >= 0.3 is 0 Å². The molecule has 0 N–H and O–H groups in total. The molecule has 0 radical (unpaired) electrons. The Hall–Kier alpha value is -0.820. The minimum Gasteiger partial charge on any atom is -0.370 e. The van der Waals surface area contributed by atoms with Crippen LogP contribution >= 0.6 is 0 Å². The Bertz CT molecular complexity index is 396. The van der Waals surface area contributed by atoms with Gasteiger partial charge in [-0.2, -0.15) is 0 Å². The van der Waals surface area contributed by atoms with Gasteiger partial charge in [0.25, 0.3) is 0 Å². The van der Waals surface area contributed by atoms with E-state index in [1.165, 1.54) is 43.2 Å². The van der Waals surface area contributed by atoms with Crippen molar-refractivity contribution in [3.05, 3.63) is 35.4 Å². The van der Waals surface area contributed by atoms with Crippen molar-refractivity contribution < 1.29 is 4.74 Å². The SMILES string of the molecule is CCCCOC(CCCC)(CCCC)c1ccc(C(C)C)cc1. The van der Waals surface area contributed by atoms with Gasteiger partial charge in [0.15, 0.2) is 0 Å². The fraction of sp³-hybridized carbons (Fsp3) is 0.727. The molecule has 0 aliphatic carbocycles. The highest BCUT2D eigenvalue weighted by Crippen LogP contribution is 2.37. The van der Waals surface area contributed by atoms with Crippen LogP contribution in [-0.2, 0) is 10.3 Å². The summed E-state index contributed by atoms with van der Waals surface area (Å²) in [6, 6.07) is 9.25. The minimum atomic E-state index is -0.0727. The van der Waals surface area contributed by atoms with Crippen LogP contribution in [-0.4, -0.2) is 6.61 Å². The van der Waals surface area contributed by atoms with Crippen LogP contribution in [0.4, 0.5) is 0 Å². The summed E-state index contributed by atoms with van der Waals surface area (Å²) < 4.78 is 6.56. The lowest BCUT2D eigenvalue weighted by atomic mass is 9.83. The summed E-state index contributed by atoms with van der Waals surface area (Å²) in [6.07, 6.45) is 9.59. The maximum absolute atomic E-state index is 6.56. The number of benzene rings is 1. The maximum atomic E-state index is 6.56. The van der Waals surface area contributed by atoms with Crippen molar-refractivity contribution in [3.63, 3.8) is 0 Å². The van der Waals surface area contributed by atoms with Crippen LogP contribution in [0.2, 0.25) is 0 Å². The molecule has 0 heterocycles. The molecule has 0 unspecified atom stereocenters. The molecule has 0 saturated heterocycles. The van der Waals surface area contributed by atoms with Crippen molar-refractivity contribution >= 4 is 0 Å². The molecular weight excluding hydrogens is 280 g/mol. The number of rotatable bonds is 12. The first-order valence-electron chi connectivity index (χ1n) is 9.84. The third kappa shape index (κ3) is 6.30. The van der Waals surface area contributed by atoms with Crippen LogP contribution in [0.1, 0.15) is 103 Å². The van der Waals surface area contributed by atoms with E-state index in [1.54, 1.807) is 0 Å². The van der Waals surface area contributed by atoms with E-state index in [2.05, 4.69) is 58.9 Å². The van der Waals surface area contributed by atoms with E-state index in [4.69, 9.17) is 4.74 Å². The van der Waals surface area contributed by atoms with Crippen LogP contribution in [0.25, 0.3) is 0 Å². The topological polar surface area (TPSA) is 9.23 Å². The molecule has 132 valence electrons. The Morgan fingerprint density at radius 1 is 0.826 bits per heavy atom. The average molecular weight is 319 g/mol. The van der Waals surface area contributed by atoms with E-state index in [0.717, 1.165) is 25.9 Å². The Morgan fingerprint density at radius 3 is 1.78 bits per heavy atom. The minimum absolute atomic E-state index is 0.0727. The smallest absolute Gasteiger partial charge is 0.0931 e. The van der Waals surface area contributed by atoms with Crippen molar-refractivity contribution in [1.82, 2.24) is 0 Å². The molecule has 0 bridgehead atoms. The largest absolute Gasteiger partial charge is 0.370 e. The molecule has 1 aromatic carbocycles. The molecule has 0 fully saturated rings. The normalized spacial score (nSPS) is 12.1. The molecule has 1 aromatic rings. The van der Waals surface area contributed by atoms with Crippen LogP contribution in [0.3, 0.4) is 0 Å². The molecule has 0 atom stereocenters. The van der Waals surface area contributed by atoms with E-state index in [-0.39, 0.29) is 5.60 Å². The zero-order valence-corrected chi connectivity index (χ0v) is 16.2.